The number of benzene rings is 2. The Kier molecular flexibility index (Phi) is 6.44. The quantitative estimate of drug-likeness (QED) is 0.319. The van der Waals surface area contributed by atoms with Gasteiger partial charge < -0.3 is 15.6 Å². The third-order valence-corrected chi connectivity index (χ3v) is 8.22. The molecule has 2 aromatic carbocycles. The number of halogens is 2. The van der Waals surface area contributed by atoms with Crippen LogP contribution in [0.15, 0.2) is 54.9 Å². The summed E-state index contributed by atoms with van der Waals surface area (Å²) in [5.41, 5.74) is 12.5. The number of rotatable bonds is 6. The van der Waals surface area contributed by atoms with Crippen LogP contribution in [0.25, 0.3) is 22.9 Å². The molecule has 0 radical (unpaired) electrons. The minimum absolute atomic E-state index is 0.00987. The number of alkyl halides is 2. The first kappa shape index (κ1) is 25.9. The number of nitrogens with zero attached hydrogens (tertiary/aromatic N) is 4. The van der Waals surface area contributed by atoms with Crippen LogP contribution in [-0.4, -0.2) is 38.9 Å². The molecule has 2 aromatic heterocycles. The fourth-order valence-electron chi connectivity index (χ4n) is 5.66. The Morgan fingerprint density at radius 1 is 1.02 bits per heavy atom. The van der Waals surface area contributed by atoms with Gasteiger partial charge >= 0.3 is 0 Å². The third-order valence-electron chi connectivity index (χ3n) is 8.22. The Hall–Kier alpha value is -4.40. The van der Waals surface area contributed by atoms with Gasteiger partial charge in [-0.25, -0.2) is 23.7 Å². The van der Waals surface area contributed by atoms with Crippen molar-refractivity contribution in [2.45, 2.75) is 45.0 Å². The Morgan fingerprint density at radius 3 is 2.35 bits per heavy atom. The van der Waals surface area contributed by atoms with E-state index in [4.69, 9.17) is 10.7 Å². The summed E-state index contributed by atoms with van der Waals surface area (Å²) in [5.74, 6) is 1.42. The monoisotopic (exact) mass is 540 g/mol. The average molecular weight is 541 g/mol. The van der Waals surface area contributed by atoms with E-state index in [1.54, 1.807) is 30.6 Å². The van der Waals surface area contributed by atoms with Crippen molar-refractivity contribution < 1.29 is 13.6 Å². The number of hydrogen-bond acceptors (Lipinski definition) is 5. The number of nitrogens with two attached hydrogens (primary N) is 1. The van der Waals surface area contributed by atoms with E-state index in [9.17, 15) is 13.6 Å². The van der Waals surface area contributed by atoms with Crippen LogP contribution in [0.1, 0.15) is 70.5 Å². The van der Waals surface area contributed by atoms with Crippen molar-refractivity contribution in [3.63, 3.8) is 0 Å². The van der Waals surface area contributed by atoms with Gasteiger partial charge in [-0.2, -0.15) is 0 Å². The van der Waals surface area contributed by atoms with Gasteiger partial charge in [-0.1, -0.05) is 43.3 Å². The molecule has 1 fully saturated rings. The van der Waals surface area contributed by atoms with Gasteiger partial charge in [0, 0.05) is 52.9 Å². The number of amides is 1. The Balaban J connectivity index is 1.19. The minimum Gasteiger partial charge on any atom is -0.366 e. The van der Waals surface area contributed by atoms with E-state index in [1.807, 2.05) is 19.1 Å². The number of carbonyl (C=O) groups excluding carboxylic acids is 1. The third kappa shape index (κ3) is 4.65. The van der Waals surface area contributed by atoms with E-state index in [-0.39, 0.29) is 11.0 Å². The zero-order valence-corrected chi connectivity index (χ0v) is 22.4. The van der Waals surface area contributed by atoms with Crippen molar-refractivity contribution in [3.05, 3.63) is 94.3 Å². The van der Waals surface area contributed by atoms with E-state index in [2.05, 4.69) is 32.9 Å². The van der Waals surface area contributed by atoms with Gasteiger partial charge in [0.2, 0.25) is 5.91 Å². The van der Waals surface area contributed by atoms with E-state index in [0.717, 1.165) is 76.9 Å². The number of imidazole rings is 1. The van der Waals surface area contributed by atoms with E-state index in [1.165, 1.54) is 12.1 Å². The summed E-state index contributed by atoms with van der Waals surface area (Å²) >= 11 is 0. The number of aromatic amines is 1. The number of aromatic nitrogens is 4. The maximum Gasteiger partial charge on any atom is 0.263 e. The fraction of sp³-hybridized carbons (Fsp3) is 0.290. The number of H-pyrrole nitrogens is 1. The number of anilines is 1. The summed E-state index contributed by atoms with van der Waals surface area (Å²) in [6, 6.07) is 13.7. The summed E-state index contributed by atoms with van der Waals surface area (Å²) in [7, 11) is 0. The highest BCUT2D eigenvalue weighted by Crippen LogP contribution is 2.40. The van der Waals surface area contributed by atoms with Gasteiger partial charge in [0.25, 0.3) is 6.43 Å². The smallest absolute Gasteiger partial charge is 0.263 e. The van der Waals surface area contributed by atoms with E-state index < -0.39 is 12.3 Å². The Labute approximate surface area is 231 Å². The summed E-state index contributed by atoms with van der Waals surface area (Å²) in [4.78, 5) is 31.4. The van der Waals surface area contributed by atoms with Gasteiger partial charge in [0.05, 0.1) is 11.4 Å². The molecular weight excluding hydrogens is 510 g/mol. The molecule has 2 aliphatic rings. The highest BCUT2D eigenvalue weighted by molar-refractivity contribution is 5.95. The maximum absolute atomic E-state index is 13.0. The lowest BCUT2D eigenvalue weighted by atomic mass is 9.79. The Bertz CT molecular complexity index is 1600. The second-order valence-electron chi connectivity index (χ2n) is 10.9. The molecule has 3 heterocycles. The molecule has 0 spiro atoms. The lowest BCUT2D eigenvalue weighted by Gasteiger charge is -2.39. The van der Waals surface area contributed by atoms with Crippen molar-refractivity contribution >= 4 is 23.4 Å². The molecule has 1 aliphatic carbocycles. The highest BCUT2D eigenvalue weighted by Gasteiger charge is 2.36. The number of aryl methyl sites for hydroxylation is 1. The SMILES string of the molecule is Cc1[nH]c(C2(C)CCN(c3ncnc4c3C=C(c3ccc(C(N)=O)cc3)C4)CC2)nc1-c1ccc(C(F)F)cc1. The van der Waals surface area contributed by atoms with Crippen LogP contribution in [-0.2, 0) is 11.8 Å². The molecule has 0 saturated carbocycles. The highest BCUT2D eigenvalue weighted by atomic mass is 19.3. The molecule has 0 bridgehead atoms. The van der Waals surface area contributed by atoms with Crippen LogP contribution in [0.2, 0.25) is 0 Å². The molecule has 3 N–H and O–H groups in total. The van der Waals surface area contributed by atoms with Crippen molar-refractivity contribution in [1.29, 1.82) is 0 Å². The number of hydrogen-bond donors (Lipinski definition) is 2. The zero-order chi connectivity index (χ0) is 28.0. The van der Waals surface area contributed by atoms with Crippen LogP contribution < -0.4 is 10.6 Å². The van der Waals surface area contributed by atoms with Crippen molar-refractivity contribution in [3.8, 4) is 11.3 Å². The molecule has 1 amide bonds. The Morgan fingerprint density at radius 2 is 1.70 bits per heavy atom. The van der Waals surface area contributed by atoms with Gasteiger partial charge in [-0.15, -0.1) is 0 Å². The second-order valence-corrected chi connectivity index (χ2v) is 10.9. The largest absolute Gasteiger partial charge is 0.366 e. The van der Waals surface area contributed by atoms with Crippen LogP contribution in [0.4, 0.5) is 14.6 Å². The molecule has 0 atom stereocenters. The molecule has 204 valence electrons. The molecule has 1 saturated heterocycles. The maximum atomic E-state index is 13.0. The van der Waals surface area contributed by atoms with E-state index in [0.29, 0.717) is 12.0 Å². The summed E-state index contributed by atoms with van der Waals surface area (Å²) in [6.45, 7) is 5.83. The lowest BCUT2D eigenvalue weighted by molar-refractivity contribution is 0.1000. The lowest BCUT2D eigenvalue weighted by Crippen LogP contribution is -2.42. The minimum atomic E-state index is -2.48. The standard InChI is InChI=1S/C31H30F2N6O/c1-18-26(20-5-7-21(8-6-20)27(32)33)38-30(37-18)31(2)11-13-39(14-12-31)29-24-15-23(16-25(24)35-17-36-29)19-3-9-22(10-4-19)28(34)40/h3-10,15,17,27H,11-14,16H2,1-2H3,(H2,34,40)(H,37,38). The predicted octanol–water partition coefficient (Wildman–Crippen LogP) is 5.87. The molecule has 40 heavy (non-hydrogen) atoms. The average Bonchev–Trinajstić information content (AvgIpc) is 3.58. The molecule has 6 rings (SSSR count). The number of primary amides is 1. The number of carbonyl (C=O) groups is 1. The van der Waals surface area contributed by atoms with Gasteiger partial charge in [0.15, 0.2) is 0 Å². The van der Waals surface area contributed by atoms with Gasteiger partial charge in [0.1, 0.15) is 18.0 Å². The predicted molar refractivity (Wildman–Crippen MR) is 151 cm³/mol. The van der Waals surface area contributed by atoms with Crippen LogP contribution in [0, 0.1) is 6.92 Å². The second kappa shape index (κ2) is 9.97. The number of piperidine rings is 1. The normalized spacial score (nSPS) is 16.2. The van der Waals surface area contributed by atoms with Crippen molar-refractivity contribution in [2.75, 3.05) is 18.0 Å². The first-order valence-electron chi connectivity index (χ1n) is 13.4. The molecule has 4 aromatic rings. The first-order valence-corrected chi connectivity index (χ1v) is 13.4. The zero-order valence-electron chi connectivity index (χ0n) is 22.4. The van der Waals surface area contributed by atoms with Crippen LogP contribution in [0.5, 0.6) is 0 Å². The van der Waals surface area contributed by atoms with Gasteiger partial charge in [-0.05, 0) is 49.1 Å². The summed E-state index contributed by atoms with van der Waals surface area (Å²) in [5, 5.41) is 0. The topological polar surface area (TPSA) is 101 Å². The van der Waals surface area contributed by atoms with Crippen molar-refractivity contribution in [2.24, 2.45) is 5.73 Å². The van der Waals surface area contributed by atoms with Crippen LogP contribution >= 0.6 is 0 Å². The molecule has 9 heteroatoms. The first-order chi connectivity index (χ1) is 19.2. The van der Waals surface area contributed by atoms with Crippen molar-refractivity contribution in [1.82, 2.24) is 19.9 Å². The molecule has 1 aliphatic heterocycles. The summed E-state index contributed by atoms with van der Waals surface area (Å²) in [6.07, 6.45) is 3.78. The van der Waals surface area contributed by atoms with Gasteiger partial charge in [-0.3, -0.25) is 4.79 Å². The number of nitrogens with one attached hydrogen (secondary N) is 1. The fourth-order valence-corrected chi connectivity index (χ4v) is 5.66. The van der Waals surface area contributed by atoms with E-state index >= 15 is 0 Å². The summed E-state index contributed by atoms with van der Waals surface area (Å²) < 4.78 is 26.0. The molecular formula is C31H30F2N6O. The molecule has 0 unspecified atom stereocenters. The number of allylic oxidation sites excluding steroid dienone is 1. The number of fused-ring (bicyclic) bond motifs is 1. The van der Waals surface area contributed by atoms with Crippen LogP contribution in [0.3, 0.4) is 0 Å². The molecule has 7 nitrogen and oxygen atoms in total.